The number of hydrogen-bond acceptors (Lipinski definition) is 2. The molecule has 1 aliphatic rings. The Bertz CT molecular complexity index is 397. The third-order valence-electron chi connectivity index (χ3n) is 3.67. The molecule has 1 aromatic carbocycles. The van der Waals surface area contributed by atoms with E-state index in [1.807, 2.05) is 12.1 Å². The van der Waals surface area contributed by atoms with E-state index >= 15 is 0 Å². The smallest absolute Gasteiger partial charge is 0.254 e. The predicted octanol–water partition coefficient (Wildman–Crippen LogP) is 3.06. The van der Waals surface area contributed by atoms with Crippen molar-refractivity contribution in [1.82, 2.24) is 4.90 Å². The van der Waals surface area contributed by atoms with Gasteiger partial charge in [-0.25, -0.2) is 0 Å². The van der Waals surface area contributed by atoms with Crippen molar-refractivity contribution in [1.29, 1.82) is 0 Å². The number of carbonyl (C=O) groups is 1. The minimum atomic E-state index is 0.160. The van der Waals surface area contributed by atoms with Crippen LogP contribution in [0.2, 0.25) is 0 Å². The summed E-state index contributed by atoms with van der Waals surface area (Å²) in [6, 6.07) is 7.68. The fraction of sp³-hybridized carbons (Fsp3) is 0.533. The Morgan fingerprint density at radius 2 is 2.06 bits per heavy atom. The Morgan fingerprint density at radius 3 is 2.72 bits per heavy atom. The van der Waals surface area contributed by atoms with Crippen molar-refractivity contribution < 1.29 is 4.79 Å². The molecule has 2 rings (SSSR count). The number of rotatable bonds is 3. The largest absolute Gasteiger partial charge is 0.399 e. The number of piperidine rings is 1. The molecule has 1 fully saturated rings. The summed E-state index contributed by atoms with van der Waals surface area (Å²) in [5, 5.41) is 0. The lowest BCUT2D eigenvalue weighted by atomic mass is 9.97. The van der Waals surface area contributed by atoms with Gasteiger partial charge in [0.2, 0.25) is 0 Å². The molecule has 1 unspecified atom stereocenters. The van der Waals surface area contributed by atoms with Gasteiger partial charge in [-0.3, -0.25) is 4.79 Å². The average molecular weight is 246 g/mol. The number of carbonyl (C=O) groups excluding carboxylic acids is 1. The average Bonchev–Trinajstić information content (AvgIpc) is 2.40. The van der Waals surface area contributed by atoms with Crippen LogP contribution in [0.15, 0.2) is 24.3 Å². The van der Waals surface area contributed by atoms with Crippen LogP contribution in [-0.4, -0.2) is 23.4 Å². The van der Waals surface area contributed by atoms with Crippen LogP contribution in [0.25, 0.3) is 0 Å². The molecule has 1 atom stereocenters. The maximum atomic E-state index is 12.5. The lowest BCUT2D eigenvalue weighted by molar-refractivity contribution is 0.0600. The summed E-state index contributed by atoms with van der Waals surface area (Å²) >= 11 is 0. The van der Waals surface area contributed by atoms with Gasteiger partial charge in [-0.15, -0.1) is 0 Å². The molecule has 3 nitrogen and oxygen atoms in total. The van der Waals surface area contributed by atoms with E-state index in [-0.39, 0.29) is 5.91 Å². The summed E-state index contributed by atoms with van der Waals surface area (Å²) in [4.78, 5) is 14.5. The van der Waals surface area contributed by atoms with Crippen LogP contribution in [-0.2, 0) is 0 Å². The van der Waals surface area contributed by atoms with Gasteiger partial charge >= 0.3 is 0 Å². The van der Waals surface area contributed by atoms with Gasteiger partial charge in [0.15, 0.2) is 0 Å². The minimum absolute atomic E-state index is 0.160. The van der Waals surface area contributed by atoms with Crippen LogP contribution in [0.1, 0.15) is 49.4 Å². The topological polar surface area (TPSA) is 46.3 Å². The molecule has 98 valence electrons. The second kappa shape index (κ2) is 5.89. The summed E-state index contributed by atoms with van der Waals surface area (Å²) < 4.78 is 0. The molecule has 0 spiro atoms. The minimum Gasteiger partial charge on any atom is -0.399 e. The van der Waals surface area contributed by atoms with Gasteiger partial charge in [-0.1, -0.05) is 13.3 Å². The molecule has 3 heteroatoms. The third kappa shape index (κ3) is 2.84. The van der Waals surface area contributed by atoms with Gasteiger partial charge < -0.3 is 10.6 Å². The number of amides is 1. The Hall–Kier alpha value is -1.51. The first-order chi connectivity index (χ1) is 8.72. The molecular formula is C15H22N2O. The van der Waals surface area contributed by atoms with Crippen LogP contribution in [0.5, 0.6) is 0 Å². The van der Waals surface area contributed by atoms with Gasteiger partial charge in [-0.2, -0.15) is 0 Å². The molecule has 0 bridgehead atoms. The second-order valence-corrected chi connectivity index (χ2v) is 5.06. The van der Waals surface area contributed by atoms with Crippen LogP contribution >= 0.6 is 0 Å². The monoisotopic (exact) mass is 246 g/mol. The number of likely N-dealkylation sites (tertiary alicyclic amines) is 1. The molecular weight excluding hydrogens is 224 g/mol. The quantitative estimate of drug-likeness (QED) is 0.833. The highest BCUT2D eigenvalue weighted by molar-refractivity contribution is 5.94. The Morgan fingerprint density at radius 1 is 1.33 bits per heavy atom. The Kier molecular flexibility index (Phi) is 4.24. The first-order valence-corrected chi connectivity index (χ1v) is 6.89. The molecule has 0 aromatic heterocycles. The first-order valence-electron chi connectivity index (χ1n) is 6.89. The van der Waals surface area contributed by atoms with Crippen molar-refractivity contribution in [3.8, 4) is 0 Å². The number of hydrogen-bond donors (Lipinski definition) is 1. The first kappa shape index (κ1) is 12.9. The summed E-state index contributed by atoms with van der Waals surface area (Å²) in [5.74, 6) is 0.160. The van der Waals surface area contributed by atoms with Crippen LogP contribution in [0.3, 0.4) is 0 Å². The zero-order valence-corrected chi connectivity index (χ0v) is 11.1. The Labute approximate surface area is 109 Å². The molecule has 1 aromatic rings. The maximum Gasteiger partial charge on any atom is 0.254 e. The van der Waals surface area contributed by atoms with Gasteiger partial charge in [-0.05, 0) is 49.9 Å². The highest BCUT2D eigenvalue weighted by Gasteiger charge is 2.26. The normalized spacial score (nSPS) is 19.8. The molecule has 1 heterocycles. The van der Waals surface area contributed by atoms with Crippen LogP contribution < -0.4 is 5.73 Å². The lowest BCUT2D eigenvalue weighted by Crippen LogP contribution is -2.43. The van der Waals surface area contributed by atoms with E-state index in [1.54, 1.807) is 12.1 Å². The molecule has 2 N–H and O–H groups in total. The predicted molar refractivity (Wildman–Crippen MR) is 74.4 cm³/mol. The summed E-state index contributed by atoms with van der Waals surface area (Å²) in [5.41, 5.74) is 7.12. The highest BCUT2D eigenvalue weighted by atomic mass is 16.2. The fourth-order valence-corrected chi connectivity index (χ4v) is 2.69. The van der Waals surface area contributed by atoms with E-state index in [9.17, 15) is 4.79 Å². The third-order valence-corrected chi connectivity index (χ3v) is 3.67. The van der Waals surface area contributed by atoms with Crippen molar-refractivity contribution >= 4 is 11.6 Å². The van der Waals surface area contributed by atoms with E-state index in [1.165, 1.54) is 6.42 Å². The van der Waals surface area contributed by atoms with Gasteiger partial charge in [0.05, 0.1) is 0 Å². The molecule has 0 saturated carbocycles. The second-order valence-electron chi connectivity index (χ2n) is 5.06. The van der Waals surface area contributed by atoms with Crippen molar-refractivity contribution in [3.05, 3.63) is 29.8 Å². The standard InChI is InChI=1S/C15H22N2O/c1-2-5-14-6-3-4-11-17(14)15(18)12-7-9-13(16)10-8-12/h7-10,14H,2-6,11,16H2,1H3. The number of nitrogens with two attached hydrogens (primary N) is 1. The molecule has 1 aliphatic heterocycles. The summed E-state index contributed by atoms with van der Waals surface area (Å²) in [6.07, 6.45) is 5.77. The van der Waals surface area contributed by atoms with Crippen LogP contribution in [0.4, 0.5) is 5.69 Å². The van der Waals surface area contributed by atoms with Gasteiger partial charge in [0, 0.05) is 23.8 Å². The van der Waals surface area contributed by atoms with Crippen molar-refractivity contribution in [3.63, 3.8) is 0 Å². The molecule has 1 saturated heterocycles. The molecule has 1 amide bonds. The molecule has 0 aliphatic carbocycles. The SMILES string of the molecule is CCCC1CCCCN1C(=O)c1ccc(N)cc1. The van der Waals surface area contributed by atoms with Crippen LogP contribution in [0, 0.1) is 0 Å². The maximum absolute atomic E-state index is 12.5. The van der Waals surface area contributed by atoms with E-state index in [0.717, 1.165) is 37.8 Å². The van der Waals surface area contributed by atoms with Gasteiger partial charge in [0.1, 0.15) is 0 Å². The summed E-state index contributed by atoms with van der Waals surface area (Å²) in [7, 11) is 0. The Balaban J connectivity index is 2.12. The molecule has 18 heavy (non-hydrogen) atoms. The fourth-order valence-electron chi connectivity index (χ4n) is 2.69. The van der Waals surface area contributed by atoms with E-state index < -0.39 is 0 Å². The molecule has 0 radical (unpaired) electrons. The lowest BCUT2D eigenvalue weighted by Gasteiger charge is -2.35. The van der Waals surface area contributed by atoms with Gasteiger partial charge in [0.25, 0.3) is 5.91 Å². The van der Waals surface area contributed by atoms with E-state index in [4.69, 9.17) is 5.73 Å². The van der Waals surface area contributed by atoms with E-state index in [0.29, 0.717) is 11.7 Å². The van der Waals surface area contributed by atoms with Crippen molar-refractivity contribution in [2.24, 2.45) is 0 Å². The van der Waals surface area contributed by atoms with Crippen molar-refractivity contribution in [2.45, 2.75) is 45.1 Å². The number of anilines is 1. The van der Waals surface area contributed by atoms with Crippen molar-refractivity contribution in [2.75, 3.05) is 12.3 Å². The number of benzene rings is 1. The number of nitrogens with zero attached hydrogens (tertiary/aromatic N) is 1. The van der Waals surface area contributed by atoms with E-state index in [2.05, 4.69) is 11.8 Å². The summed E-state index contributed by atoms with van der Waals surface area (Å²) in [6.45, 7) is 3.08. The zero-order valence-electron chi connectivity index (χ0n) is 11.1. The highest BCUT2D eigenvalue weighted by Crippen LogP contribution is 2.23. The number of nitrogen functional groups attached to an aromatic ring is 1. The zero-order chi connectivity index (χ0) is 13.0.